The topological polar surface area (TPSA) is 74.1 Å². The van der Waals surface area contributed by atoms with Gasteiger partial charge >= 0.3 is 0 Å². The van der Waals surface area contributed by atoms with Crippen molar-refractivity contribution in [3.63, 3.8) is 0 Å². The number of hydrogen-bond acceptors (Lipinski definition) is 6. The number of nitrogens with zero attached hydrogens (tertiary/aromatic N) is 3. The van der Waals surface area contributed by atoms with E-state index >= 15 is 0 Å². The molecular formula is C18H18BrN3O3S2. The van der Waals surface area contributed by atoms with Crippen LogP contribution in [0.1, 0.15) is 0 Å². The van der Waals surface area contributed by atoms with E-state index in [1.165, 1.54) is 11.8 Å². The van der Waals surface area contributed by atoms with Crippen LogP contribution in [0.5, 0.6) is 5.75 Å². The third kappa shape index (κ3) is 4.72. The summed E-state index contributed by atoms with van der Waals surface area (Å²) in [7, 11) is 0.160. The molecule has 0 aliphatic carbocycles. The lowest BCUT2D eigenvalue weighted by atomic mass is 10.2. The summed E-state index contributed by atoms with van der Waals surface area (Å²) < 4.78 is 32.7. The molecule has 0 unspecified atom stereocenters. The molecule has 142 valence electrons. The van der Waals surface area contributed by atoms with Gasteiger partial charge in [-0.2, -0.15) is 0 Å². The Balaban J connectivity index is 1.66. The first-order chi connectivity index (χ1) is 12.9. The fourth-order valence-corrected chi connectivity index (χ4v) is 5.26. The summed E-state index contributed by atoms with van der Waals surface area (Å²) in [5.41, 5.74) is 0.917. The predicted molar refractivity (Wildman–Crippen MR) is 110 cm³/mol. The van der Waals surface area contributed by atoms with Crippen LogP contribution in [0.15, 0.2) is 63.1 Å². The minimum atomic E-state index is -3.33. The molecule has 0 spiro atoms. The molecule has 3 aromatic rings. The Labute approximate surface area is 171 Å². The van der Waals surface area contributed by atoms with Gasteiger partial charge in [0.05, 0.1) is 17.8 Å². The summed E-state index contributed by atoms with van der Waals surface area (Å²) in [6.07, 6.45) is 0. The highest BCUT2D eigenvalue weighted by Gasteiger charge is 2.16. The zero-order chi connectivity index (χ0) is 19.4. The minimum absolute atomic E-state index is 0.0318. The maximum absolute atomic E-state index is 12.4. The summed E-state index contributed by atoms with van der Waals surface area (Å²) in [5, 5.41) is 9.08. The highest BCUT2D eigenvalue weighted by atomic mass is 79.9. The van der Waals surface area contributed by atoms with Gasteiger partial charge in [-0.3, -0.25) is 0 Å². The highest BCUT2D eigenvalue weighted by molar-refractivity contribution is 9.10. The smallest absolute Gasteiger partial charge is 0.191 e. The number of methoxy groups -OCH3 is 1. The van der Waals surface area contributed by atoms with E-state index in [9.17, 15) is 8.42 Å². The van der Waals surface area contributed by atoms with Gasteiger partial charge in [0, 0.05) is 22.8 Å². The molecule has 0 aliphatic rings. The molecule has 1 heterocycles. The first-order valence-corrected chi connectivity index (χ1v) is 11.5. The fourth-order valence-electron chi connectivity index (χ4n) is 2.43. The molecule has 0 bridgehead atoms. The fraction of sp³-hybridized carbons (Fsp3) is 0.222. The quantitative estimate of drug-likeness (QED) is 0.491. The van der Waals surface area contributed by atoms with Gasteiger partial charge in [0.1, 0.15) is 5.75 Å². The van der Waals surface area contributed by atoms with Crippen LogP contribution in [0.4, 0.5) is 0 Å². The number of benzene rings is 2. The lowest BCUT2D eigenvalue weighted by molar-refractivity contribution is 0.415. The molecule has 3 rings (SSSR count). The van der Waals surface area contributed by atoms with Crippen molar-refractivity contribution >= 4 is 37.5 Å². The number of rotatable bonds is 7. The average molecular weight is 468 g/mol. The van der Waals surface area contributed by atoms with Crippen molar-refractivity contribution in [2.24, 2.45) is 7.05 Å². The average Bonchev–Trinajstić information content (AvgIpc) is 3.03. The molecule has 0 aliphatic heterocycles. The summed E-state index contributed by atoms with van der Waals surface area (Å²) >= 11 is 4.68. The molecule has 0 fully saturated rings. The zero-order valence-corrected chi connectivity index (χ0v) is 18.0. The molecule has 0 atom stereocenters. The molecular weight excluding hydrogens is 450 g/mol. The number of halogens is 1. The van der Waals surface area contributed by atoms with E-state index in [0.717, 1.165) is 21.6 Å². The van der Waals surface area contributed by atoms with Crippen molar-refractivity contribution in [3.05, 3.63) is 53.0 Å². The number of ether oxygens (including phenoxy) is 1. The van der Waals surface area contributed by atoms with E-state index in [4.69, 9.17) is 4.74 Å². The first kappa shape index (κ1) is 19.9. The summed E-state index contributed by atoms with van der Waals surface area (Å²) in [6.45, 7) is 0. The largest absolute Gasteiger partial charge is 0.497 e. The van der Waals surface area contributed by atoms with Gasteiger partial charge in [0.25, 0.3) is 0 Å². The van der Waals surface area contributed by atoms with Gasteiger partial charge < -0.3 is 9.30 Å². The lowest BCUT2D eigenvalue weighted by Gasteiger charge is -2.06. The van der Waals surface area contributed by atoms with Crippen LogP contribution < -0.4 is 4.74 Å². The molecule has 27 heavy (non-hydrogen) atoms. The molecule has 0 N–H and O–H groups in total. The molecule has 0 radical (unpaired) electrons. The van der Waals surface area contributed by atoms with Gasteiger partial charge in [0.15, 0.2) is 20.8 Å². The van der Waals surface area contributed by atoms with Crippen LogP contribution in [0.2, 0.25) is 0 Å². The Kier molecular flexibility index (Phi) is 6.23. The van der Waals surface area contributed by atoms with Crippen LogP contribution in [-0.2, 0) is 16.9 Å². The summed E-state index contributed by atoms with van der Waals surface area (Å²) in [5.74, 6) is 1.92. The Morgan fingerprint density at radius 2 is 1.74 bits per heavy atom. The molecule has 0 saturated carbocycles. The predicted octanol–water partition coefficient (Wildman–Crippen LogP) is 3.82. The molecule has 0 saturated heterocycles. The second-order valence-electron chi connectivity index (χ2n) is 5.71. The second-order valence-corrected chi connectivity index (χ2v) is 9.80. The van der Waals surface area contributed by atoms with Gasteiger partial charge in [-0.15, -0.1) is 10.2 Å². The van der Waals surface area contributed by atoms with Gasteiger partial charge in [-0.25, -0.2) is 8.42 Å². The van der Waals surface area contributed by atoms with Crippen LogP contribution in [0.3, 0.4) is 0 Å². The van der Waals surface area contributed by atoms with E-state index in [2.05, 4.69) is 26.1 Å². The maximum atomic E-state index is 12.4. The Morgan fingerprint density at radius 1 is 1.07 bits per heavy atom. The monoisotopic (exact) mass is 467 g/mol. The molecule has 9 heteroatoms. The van der Waals surface area contributed by atoms with Gasteiger partial charge in [-0.1, -0.05) is 27.7 Å². The Bertz CT molecular complexity index is 1020. The van der Waals surface area contributed by atoms with Crippen LogP contribution in [0, 0.1) is 0 Å². The van der Waals surface area contributed by atoms with Gasteiger partial charge in [0.2, 0.25) is 0 Å². The highest BCUT2D eigenvalue weighted by Crippen LogP contribution is 2.25. The molecule has 6 nitrogen and oxygen atoms in total. The maximum Gasteiger partial charge on any atom is 0.191 e. The number of hydrogen-bond donors (Lipinski definition) is 0. The van der Waals surface area contributed by atoms with E-state index < -0.39 is 9.84 Å². The van der Waals surface area contributed by atoms with Gasteiger partial charge in [-0.05, 0) is 48.5 Å². The number of aromatic nitrogens is 3. The molecule has 1 aromatic heterocycles. The number of sulfone groups is 1. The molecule has 0 amide bonds. The minimum Gasteiger partial charge on any atom is -0.497 e. The van der Waals surface area contributed by atoms with Crippen molar-refractivity contribution < 1.29 is 13.2 Å². The lowest BCUT2D eigenvalue weighted by Crippen LogP contribution is -2.09. The third-order valence-electron chi connectivity index (χ3n) is 3.94. The van der Waals surface area contributed by atoms with Crippen molar-refractivity contribution in [2.45, 2.75) is 10.1 Å². The van der Waals surface area contributed by atoms with Crippen molar-refractivity contribution in [1.82, 2.24) is 14.8 Å². The Hall–Kier alpha value is -1.84. The Morgan fingerprint density at radius 3 is 2.37 bits per heavy atom. The summed E-state index contributed by atoms with van der Waals surface area (Å²) in [6, 6.07) is 14.2. The van der Waals surface area contributed by atoms with Crippen molar-refractivity contribution in [2.75, 3.05) is 18.6 Å². The second kappa shape index (κ2) is 8.45. The normalized spacial score (nSPS) is 11.5. The zero-order valence-electron chi connectivity index (χ0n) is 14.8. The number of thioether (sulfide) groups is 1. The first-order valence-electron chi connectivity index (χ1n) is 8.05. The van der Waals surface area contributed by atoms with Crippen molar-refractivity contribution in [3.8, 4) is 17.1 Å². The molecule has 2 aromatic carbocycles. The standard InChI is InChI=1S/C18H18BrN3O3S2/c1-22-17(13-3-7-15(25-2)8-4-13)20-21-18(22)26-11-12-27(23,24)16-9-5-14(19)6-10-16/h3-10H,11-12H2,1-2H3. The van der Waals surface area contributed by atoms with Crippen LogP contribution in [0.25, 0.3) is 11.4 Å². The van der Waals surface area contributed by atoms with E-state index in [0.29, 0.717) is 15.8 Å². The van der Waals surface area contributed by atoms with Crippen LogP contribution in [-0.4, -0.2) is 41.8 Å². The third-order valence-corrected chi connectivity index (χ3v) is 7.48. The van der Waals surface area contributed by atoms with Crippen LogP contribution >= 0.6 is 27.7 Å². The van der Waals surface area contributed by atoms with Crippen molar-refractivity contribution in [1.29, 1.82) is 0 Å². The SMILES string of the molecule is COc1ccc(-c2nnc(SCCS(=O)(=O)c3ccc(Br)cc3)n2C)cc1. The van der Waals surface area contributed by atoms with E-state index in [1.807, 2.05) is 35.9 Å². The van der Waals surface area contributed by atoms with E-state index in [-0.39, 0.29) is 5.75 Å². The van der Waals surface area contributed by atoms with E-state index in [1.54, 1.807) is 31.4 Å². The summed E-state index contributed by atoms with van der Waals surface area (Å²) in [4.78, 5) is 0.322.